The molecule has 2 saturated heterocycles. The highest BCUT2D eigenvalue weighted by molar-refractivity contribution is 6.07. The van der Waals surface area contributed by atoms with Crippen molar-refractivity contribution in [1.82, 2.24) is 19.4 Å². The van der Waals surface area contributed by atoms with E-state index in [2.05, 4.69) is 20.2 Å². The van der Waals surface area contributed by atoms with Crippen molar-refractivity contribution < 1.29 is 27.1 Å². The van der Waals surface area contributed by atoms with Crippen LogP contribution in [0.4, 0.5) is 34.9 Å². The molecule has 1 aromatic carbocycles. The second kappa shape index (κ2) is 12.2. The van der Waals surface area contributed by atoms with Crippen LogP contribution in [0.5, 0.6) is 0 Å². The summed E-state index contributed by atoms with van der Waals surface area (Å²) in [6.07, 6.45) is -1.17. The summed E-state index contributed by atoms with van der Waals surface area (Å²) in [4.78, 5) is 40.3. The molecular weight excluding hydrogens is 582 g/mol. The lowest BCUT2D eigenvalue weighted by Gasteiger charge is -2.39. The molecule has 14 heteroatoms. The lowest BCUT2D eigenvalue weighted by Crippen LogP contribution is -2.50. The summed E-state index contributed by atoms with van der Waals surface area (Å²) in [7, 11) is 3.23. The van der Waals surface area contributed by atoms with Gasteiger partial charge < -0.3 is 29.3 Å². The van der Waals surface area contributed by atoms with Gasteiger partial charge in [0.15, 0.2) is 0 Å². The lowest BCUT2D eigenvalue weighted by molar-refractivity contribution is -0.138. The molecule has 0 spiro atoms. The fourth-order valence-electron chi connectivity index (χ4n) is 5.61. The summed E-state index contributed by atoms with van der Waals surface area (Å²) in [5.74, 6) is -1.23. The molecule has 2 aliphatic rings. The first kappa shape index (κ1) is 31.4. The fourth-order valence-corrected chi connectivity index (χ4v) is 5.61. The number of amides is 1. The zero-order valence-corrected chi connectivity index (χ0v) is 25.2. The van der Waals surface area contributed by atoms with Crippen molar-refractivity contribution in [3.8, 4) is 11.1 Å². The van der Waals surface area contributed by atoms with Crippen LogP contribution in [-0.4, -0.2) is 83.4 Å². The van der Waals surface area contributed by atoms with E-state index in [0.29, 0.717) is 56.0 Å². The number of aryl methyl sites for hydroxylation is 1. The van der Waals surface area contributed by atoms with Gasteiger partial charge in [-0.1, -0.05) is 0 Å². The Morgan fingerprint density at radius 3 is 2.25 bits per heavy atom. The number of rotatable bonds is 5. The average molecular weight is 618 g/mol. The third-order valence-electron chi connectivity index (χ3n) is 8.06. The summed E-state index contributed by atoms with van der Waals surface area (Å²) in [5, 5.41) is 2.58. The van der Waals surface area contributed by atoms with Gasteiger partial charge in [0.1, 0.15) is 5.82 Å². The van der Waals surface area contributed by atoms with E-state index in [-0.39, 0.29) is 29.5 Å². The van der Waals surface area contributed by atoms with Crippen molar-refractivity contribution >= 4 is 23.2 Å². The SMILES string of the molecule is C[C@@H]1CN(c2ncc(-c3cc(NC(=O)c4cn(C)c(=O)cc4C(F)(F)F)c(N4CCN(C)[C@@H](C)C4)cc3F)cn2)C[C@H](C)O1. The number of carbonyl (C=O) groups is 1. The van der Waals surface area contributed by atoms with Crippen LogP contribution in [0.1, 0.15) is 36.7 Å². The quantitative estimate of drug-likeness (QED) is 0.430. The molecule has 2 aromatic heterocycles. The van der Waals surface area contributed by atoms with E-state index in [1.54, 1.807) is 0 Å². The summed E-state index contributed by atoms with van der Waals surface area (Å²) >= 11 is 0. The molecule has 10 nitrogen and oxygen atoms in total. The van der Waals surface area contributed by atoms with Crippen LogP contribution in [0.15, 0.2) is 41.6 Å². The molecule has 5 rings (SSSR count). The molecule has 2 fully saturated rings. The Hall–Kier alpha value is -4.04. The van der Waals surface area contributed by atoms with E-state index in [9.17, 15) is 22.8 Å². The Labute approximate surface area is 252 Å². The topological polar surface area (TPSA) is 95.8 Å². The Morgan fingerprint density at radius 1 is 0.977 bits per heavy atom. The monoisotopic (exact) mass is 617 g/mol. The van der Waals surface area contributed by atoms with Crippen LogP contribution in [0.3, 0.4) is 0 Å². The van der Waals surface area contributed by atoms with Crippen molar-refractivity contribution in [3.05, 3.63) is 64.1 Å². The third kappa shape index (κ3) is 6.55. The largest absolute Gasteiger partial charge is 0.417 e. The number of morpholine rings is 1. The van der Waals surface area contributed by atoms with Crippen LogP contribution >= 0.6 is 0 Å². The molecule has 44 heavy (non-hydrogen) atoms. The van der Waals surface area contributed by atoms with Gasteiger partial charge in [-0.05, 0) is 40.0 Å². The van der Waals surface area contributed by atoms with Gasteiger partial charge in [-0.25, -0.2) is 14.4 Å². The Balaban J connectivity index is 1.54. The van der Waals surface area contributed by atoms with Gasteiger partial charge >= 0.3 is 6.18 Å². The van der Waals surface area contributed by atoms with E-state index >= 15 is 4.39 Å². The van der Waals surface area contributed by atoms with Gasteiger partial charge in [0.2, 0.25) is 5.95 Å². The van der Waals surface area contributed by atoms with Crippen LogP contribution < -0.4 is 20.7 Å². The Kier molecular flexibility index (Phi) is 8.67. The van der Waals surface area contributed by atoms with Crippen LogP contribution in [0.2, 0.25) is 0 Å². The highest BCUT2D eigenvalue weighted by atomic mass is 19.4. The fraction of sp³-hybridized carbons (Fsp3) is 0.467. The number of anilines is 3. The molecule has 0 aliphatic carbocycles. The number of alkyl halides is 3. The predicted octanol–water partition coefficient (Wildman–Crippen LogP) is 4.01. The van der Waals surface area contributed by atoms with Gasteiger partial charge in [0, 0.05) is 81.6 Å². The number of carbonyl (C=O) groups excluding carboxylic acids is 1. The molecule has 0 saturated carbocycles. The minimum atomic E-state index is -4.95. The molecule has 1 N–H and O–H groups in total. The summed E-state index contributed by atoms with van der Waals surface area (Å²) < 4.78 is 64.0. The smallest absolute Gasteiger partial charge is 0.372 e. The first-order chi connectivity index (χ1) is 20.7. The number of benzene rings is 1. The van der Waals surface area contributed by atoms with Gasteiger partial charge in [0.05, 0.1) is 34.7 Å². The van der Waals surface area contributed by atoms with Gasteiger partial charge in [-0.15, -0.1) is 0 Å². The molecule has 3 aromatic rings. The molecule has 4 heterocycles. The van der Waals surface area contributed by atoms with E-state index in [4.69, 9.17) is 4.74 Å². The zero-order valence-electron chi connectivity index (χ0n) is 25.2. The number of nitrogens with one attached hydrogen (secondary N) is 1. The van der Waals surface area contributed by atoms with Crippen molar-refractivity contribution in [3.63, 3.8) is 0 Å². The minimum Gasteiger partial charge on any atom is -0.372 e. The number of nitrogens with zero attached hydrogens (tertiary/aromatic N) is 6. The second-order valence-corrected chi connectivity index (χ2v) is 11.6. The molecule has 0 bridgehead atoms. The molecule has 0 unspecified atom stereocenters. The molecule has 1 amide bonds. The van der Waals surface area contributed by atoms with E-state index in [1.807, 2.05) is 37.6 Å². The average Bonchev–Trinajstić information content (AvgIpc) is 2.95. The van der Waals surface area contributed by atoms with E-state index < -0.39 is 34.6 Å². The van der Waals surface area contributed by atoms with Gasteiger partial charge in [-0.2, -0.15) is 13.2 Å². The Morgan fingerprint density at radius 2 is 1.64 bits per heavy atom. The maximum Gasteiger partial charge on any atom is 0.417 e. The maximum atomic E-state index is 15.8. The molecular formula is C30H35F4N7O3. The first-order valence-electron chi connectivity index (χ1n) is 14.3. The van der Waals surface area contributed by atoms with E-state index in [1.165, 1.54) is 31.6 Å². The number of hydrogen-bond acceptors (Lipinski definition) is 8. The van der Waals surface area contributed by atoms with Crippen molar-refractivity contribution in [1.29, 1.82) is 0 Å². The number of ether oxygens (including phenoxy) is 1. The van der Waals surface area contributed by atoms with Gasteiger partial charge in [0.25, 0.3) is 11.5 Å². The molecule has 0 radical (unpaired) electrons. The van der Waals surface area contributed by atoms with Crippen LogP contribution in [-0.2, 0) is 18.0 Å². The lowest BCUT2D eigenvalue weighted by atomic mass is 10.0. The summed E-state index contributed by atoms with van der Waals surface area (Å²) in [6, 6.07) is 3.15. The maximum absolute atomic E-state index is 15.8. The van der Waals surface area contributed by atoms with Crippen molar-refractivity contribution in [2.24, 2.45) is 7.05 Å². The number of halogens is 4. The highest BCUT2D eigenvalue weighted by Gasteiger charge is 2.36. The molecule has 2 aliphatic heterocycles. The van der Waals surface area contributed by atoms with Gasteiger partial charge in [-0.3, -0.25) is 9.59 Å². The summed E-state index contributed by atoms with van der Waals surface area (Å²) in [6.45, 7) is 8.77. The zero-order chi connectivity index (χ0) is 31.9. The second-order valence-electron chi connectivity index (χ2n) is 11.6. The normalized spacial score (nSPS) is 21.4. The summed E-state index contributed by atoms with van der Waals surface area (Å²) in [5.41, 5.74) is -2.16. The highest BCUT2D eigenvalue weighted by Crippen LogP contribution is 2.37. The first-order valence-corrected chi connectivity index (χ1v) is 14.3. The van der Waals surface area contributed by atoms with Crippen LogP contribution in [0, 0.1) is 5.82 Å². The standard InChI is InChI=1S/C30H35F4N7O3/c1-17-13-40(7-6-38(17)4)26-10-24(31)21(20-11-35-29(36-12-20)41-14-18(2)44-19(3)15-41)8-25(26)37-28(43)22-16-39(5)27(42)9-23(22)30(32,33)34/h8-12,16-19H,6-7,13-15H2,1-5H3,(H,37,43)/t17-,18-,19+/m0/s1. The predicted molar refractivity (Wildman–Crippen MR) is 159 cm³/mol. The number of pyridine rings is 1. The van der Waals surface area contributed by atoms with Crippen LogP contribution in [0.25, 0.3) is 11.1 Å². The Bertz CT molecular complexity index is 1590. The molecule has 3 atom stereocenters. The van der Waals surface area contributed by atoms with Crippen molar-refractivity contribution in [2.75, 3.05) is 54.9 Å². The molecule has 236 valence electrons. The number of hydrogen-bond donors (Lipinski definition) is 1. The number of aromatic nitrogens is 3. The number of piperazine rings is 1. The van der Waals surface area contributed by atoms with Crippen molar-refractivity contribution in [2.45, 2.75) is 45.2 Å². The van der Waals surface area contributed by atoms with E-state index in [0.717, 1.165) is 10.8 Å². The minimum absolute atomic E-state index is 0.0135. The number of likely N-dealkylation sites (N-methyl/N-ethyl adjacent to an activating group) is 1. The third-order valence-corrected chi connectivity index (χ3v) is 8.06.